The van der Waals surface area contributed by atoms with E-state index in [-0.39, 0.29) is 11.9 Å². The maximum atomic E-state index is 11.3. The highest BCUT2D eigenvalue weighted by molar-refractivity contribution is 5.99. The average Bonchev–Trinajstić information content (AvgIpc) is 2.55. The average molecular weight is 164 g/mol. The second-order valence-electron chi connectivity index (χ2n) is 3.40. The summed E-state index contributed by atoms with van der Waals surface area (Å²) >= 11 is 0. The molecule has 2 atom stereocenters. The SMILES string of the molecule is C=C[C@@H]1OCC2=C(C)C(=O)C[C@H]21. The van der Waals surface area contributed by atoms with Gasteiger partial charge >= 0.3 is 0 Å². The molecule has 2 nitrogen and oxygen atoms in total. The van der Waals surface area contributed by atoms with Crippen LogP contribution in [0.4, 0.5) is 0 Å². The molecule has 0 saturated carbocycles. The largest absolute Gasteiger partial charge is 0.369 e. The fourth-order valence-electron chi connectivity index (χ4n) is 2.00. The van der Waals surface area contributed by atoms with Gasteiger partial charge < -0.3 is 4.74 Å². The van der Waals surface area contributed by atoms with E-state index in [0.29, 0.717) is 18.9 Å². The second kappa shape index (κ2) is 2.56. The van der Waals surface area contributed by atoms with Gasteiger partial charge in [-0.1, -0.05) is 6.08 Å². The zero-order chi connectivity index (χ0) is 8.72. The highest BCUT2D eigenvalue weighted by Gasteiger charge is 2.39. The molecule has 2 aliphatic rings. The van der Waals surface area contributed by atoms with Crippen molar-refractivity contribution in [3.63, 3.8) is 0 Å². The van der Waals surface area contributed by atoms with E-state index in [1.807, 2.05) is 6.92 Å². The monoisotopic (exact) mass is 164 g/mol. The molecule has 0 amide bonds. The van der Waals surface area contributed by atoms with E-state index in [4.69, 9.17) is 4.74 Å². The van der Waals surface area contributed by atoms with Crippen LogP contribution in [0.25, 0.3) is 0 Å². The van der Waals surface area contributed by atoms with Crippen LogP contribution in [0.1, 0.15) is 13.3 Å². The van der Waals surface area contributed by atoms with Gasteiger partial charge in [-0.25, -0.2) is 0 Å². The number of ketones is 1. The van der Waals surface area contributed by atoms with Gasteiger partial charge in [0.05, 0.1) is 12.7 Å². The van der Waals surface area contributed by atoms with Crippen LogP contribution in [0.15, 0.2) is 23.8 Å². The molecular weight excluding hydrogens is 152 g/mol. The summed E-state index contributed by atoms with van der Waals surface area (Å²) in [6.07, 6.45) is 2.49. The van der Waals surface area contributed by atoms with Gasteiger partial charge in [0.15, 0.2) is 5.78 Å². The first kappa shape index (κ1) is 7.74. The molecule has 1 aliphatic carbocycles. The number of hydrogen-bond acceptors (Lipinski definition) is 2. The first-order chi connectivity index (χ1) is 5.74. The maximum Gasteiger partial charge on any atom is 0.159 e. The van der Waals surface area contributed by atoms with Gasteiger partial charge in [-0.05, 0) is 18.1 Å². The zero-order valence-electron chi connectivity index (χ0n) is 7.17. The molecule has 64 valence electrons. The summed E-state index contributed by atoms with van der Waals surface area (Å²) in [5, 5.41) is 0. The van der Waals surface area contributed by atoms with E-state index in [1.54, 1.807) is 6.08 Å². The van der Waals surface area contributed by atoms with Gasteiger partial charge in [-0.3, -0.25) is 4.79 Å². The molecule has 0 aromatic heterocycles. The van der Waals surface area contributed by atoms with Crippen molar-refractivity contribution in [2.75, 3.05) is 6.61 Å². The van der Waals surface area contributed by atoms with Gasteiger partial charge in [-0.2, -0.15) is 0 Å². The van der Waals surface area contributed by atoms with Crippen molar-refractivity contribution in [2.24, 2.45) is 5.92 Å². The minimum atomic E-state index is 0.0707. The van der Waals surface area contributed by atoms with Crippen LogP contribution >= 0.6 is 0 Å². The smallest absolute Gasteiger partial charge is 0.159 e. The Hall–Kier alpha value is -0.890. The molecule has 1 saturated heterocycles. The molecule has 0 radical (unpaired) electrons. The summed E-state index contributed by atoms with van der Waals surface area (Å²) in [5.74, 6) is 0.583. The maximum absolute atomic E-state index is 11.3. The number of rotatable bonds is 1. The lowest BCUT2D eigenvalue weighted by Crippen LogP contribution is -2.12. The molecule has 1 aliphatic heterocycles. The Morgan fingerprint density at radius 3 is 3.08 bits per heavy atom. The lowest BCUT2D eigenvalue weighted by atomic mass is 9.98. The summed E-state index contributed by atoms with van der Waals surface area (Å²) < 4.78 is 5.46. The fourth-order valence-corrected chi connectivity index (χ4v) is 2.00. The summed E-state index contributed by atoms with van der Waals surface area (Å²) in [4.78, 5) is 11.3. The van der Waals surface area contributed by atoms with Crippen molar-refractivity contribution in [3.05, 3.63) is 23.8 Å². The van der Waals surface area contributed by atoms with Gasteiger partial charge in [0.2, 0.25) is 0 Å². The molecule has 2 rings (SSSR count). The summed E-state index contributed by atoms with van der Waals surface area (Å²) in [6, 6.07) is 0. The number of Topliss-reactive ketones (excluding diaryl/α,β-unsaturated/α-hetero) is 1. The molecule has 12 heavy (non-hydrogen) atoms. The summed E-state index contributed by atoms with van der Waals surface area (Å²) in [7, 11) is 0. The molecule has 2 heteroatoms. The van der Waals surface area contributed by atoms with Crippen LogP contribution in [0, 0.1) is 5.92 Å². The van der Waals surface area contributed by atoms with Crippen LogP contribution in [0.3, 0.4) is 0 Å². The van der Waals surface area contributed by atoms with Crippen molar-refractivity contribution in [1.82, 2.24) is 0 Å². The second-order valence-corrected chi connectivity index (χ2v) is 3.40. The van der Waals surface area contributed by atoms with Crippen LogP contribution in [-0.4, -0.2) is 18.5 Å². The standard InChI is InChI=1S/C10H12O2/c1-3-10-7-4-9(11)6(2)8(7)5-12-10/h3,7,10H,1,4-5H2,2H3/t7-,10+/m1/s1. The van der Waals surface area contributed by atoms with Crippen LogP contribution < -0.4 is 0 Å². The minimum Gasteiger partial charge on any atom is -0.369 e. The third kappa shape index (κ3) is 0.879. The Labute approximate surface area is 71.9 Å². The molecule has 0 unspecified atom stereocenters. The molecule has 1 heterocycles. The van der Waals surface area contributed by atoms with E-state index in [0.717, 1.165) is 5.57 Å². The quantitative estimate of drug-likeness (QED) is 0.549. The van der Waals surface area contributed by atoms with Crippen molar-refractivity contribution >= 4 is 5.78 Å². The van der Waals surface area contributed by atoms with Crippen LogP contribution in [0.2, 0.25) is 0 Å². The number of carbonyl (C=O) groups excluding carboxylic acids is 1. The fraction of sp³-hybridized carbons (Fsp3) is 0.500. The third-order valence-corrected chi connectivity index (χ3v) is 2.81. The minimum absolute atomic E-state index is 0.0707. The number of ether oxygens (including phenoxy) is 1. The topological polar surface area (TPSA) is 26.3 Å². The number of fused-ring (bicyclic) bond motifs is 1. The summed E-state index contributed by atoms with van der Waals surface area (Å²) in [6.45, 7) is 6.21. The Morgan fingerprint density at radius 1 is 1.67 bits per heavy atom. The predicted molar refractivity (Wildman–Crippen MR) is 45.8 cm³/mol. The van der Waals surface area contributed by atoms with Crippen LogP contribution in [0.5, 0.6) is 0 Å². The van der Waals surface area contributed by atoms with Crippen LogP contribution in [-0.2, 0) is 9.53 Å². The molecular formula is C10H12O2. The normalized spacial score (nSPS) is 34.2. The lowest BCUT2D eigenvalue weighted by molar-refractivity contribution is -0.115. The number of allylic oxidation sites excluding steroid dienone is 1. The van der Waals surface area contributed by atoms with Crippen molar-refractivity contribution in [1.29, 1.82) is 0 Å². The van der Waals surface area contributed by atoms with Crippen molar-refractivity contribution in [2.45, 2.75) is 19.4 Å². The van der Waals surface area contributed by atoms with Gasteiger partial charge in [0.25, 0.3) is 0 Å². The predicted octanol–water partition coefficient (Wildman–Crippen LogP) is 1.48. The molecule has 0 N–H and O–H groups in total. The van der Waals surface area contributed by atoms with E-state index >= 15 is 0 Å². The van der Waals surface area contributed by atoms with E-state index in [9.17, 15) is 4.79 Å². The molecule has 0 aromatic rings. The van der Waals surface area contributed by atoms with E-state index in [1.165, 1.54) is 5.57 Å². The Balaban J connectivity index is 2.33. The van der Waals surface area contributed by atoms with Gasteiger partial charge in [-0.15, -0.1) is 6.58 Å². The summed E-state index contributed by atoms with van der Waals surface area (Å²) in [5.41, 5.74) is 2.12. The highest BCUT2D eigenvalue weighted by atomic mass is 16.5. The zero-order valence-corrected chi connectivity index (χ0v) is 7.17. The number of hydrogen-bond donors (Lipinski definition) is 0. The molecule has 0 spiro atoms. The first-order valence-corrected chi connectivity index (χ1v) is 4.21. The molecule has 1 fully saturated rings. The van der Waals surface area contributed by atoms with E-state index < -0.39 is 0 Å². The highest BCUT2D eigenvalue weighted by Crippen LogP contribution is 2.38. The Kier molecular flexibility index (Phi) is 1.65. The first-order valence-electron chi connectivity index (χ1n) is 4.21. The van der Waals surface area contributed by atoms with E-state index in [2.05, 4.69) is 6.58 Å². The van der Waals surface area contributed by atoms with Crippen molar-refractivity contribution < 1.29 is 9.53 Å². The lowest BCUT2D eigenvalue weighted by Gasteiger charge is -2.08. The molecule has 0 aromatic carbocycles. The Morgan fingerprint density at radius 2 is 2.42 bits per heavy atom. The van der Waals surface area contributed by atoms with Crippen molar-refractivity contribution in [3.8, 4) is 0 Å². The van der Waals surface area contributed by atoms with Gasteiger partial charge in [0, 0.05) is 12.3 Å². The van der Waals surface area contributed by atoms with Gasteiger partial charge in [0.1, 0.15) is 0 Å². The third-order valence-electron chi connectivity index (χ3n) is 2.81. The Bertz CT molecular complexity index is 276. The number of carbonyl (C=O) groups is 1. The molecule has 0 bridgehead atoms.